The van der Waals surface area contributed by atoms with E-state index in [0.717, 1.165) is 25.9 Å². The molecule has 2 fully saturated rings. The third kappa shape index (κ3) is 3.15. The Morgan fingerprint density at radius 1 is 1.43 bits per heavy atom. The quantitative estimate of drug-likeness (QED) is 0.741. The maximum absolute atomic E-state index is 12.1. The molecule has 21 heavy (non-hydrogen) atoms. The largest absolute Gasteiger partial charge is 0.399 e. The van der Waals surface area contributed by atoms with Crippen molar-refractivity contribution in [3.8, 4) is 0 Å². The van der Waals surface area contributed by atoms with Crippen molar-refractivity contribution in [3.63, 3.8) is 0 Å². The fourth-order valence-corrected chi connectivity index (χ4v) is 3.65. The Balaban J connectivity index is 1.57. The van der Waals surface area contributed by atoms with Crippen molar-refractivity contribution in [3.05, 3.63) is 23.2 Å². The normalized spacial score (nSPS) is 28.6. The number of halogens is 1. The number of carbonyl (C=O) groups excluding carboxylic acids is 1. The molecule has 0 aromatic heterocycles. The van der Waals surface area contributed by atoms with E-state index < -0.39 is 0 Å². The molecular weight excluding hydrogens is 290 g/mol. The molecule has 1 aliphatic carbocycles. The second-order valence-electron chi connectivity index (χ2n) is 6.05. The Bertz CT molecular complexity index is 552. The first kappa shape index (κ1) is 14.6. The van der Waals surface area contributed by atoms with Crippen LogP contribution in [0.4, 0.5) is 11.4 Å². The molecule has 0 radical (unpaired) electrons. The van der Waals surface area contributed by atoms with Crippen LogP contribution in [0.2, 0.25) is 5.02 Å². The molecule has 1 saturated carbocycles. The average molecular weight is 310 g/mol. The van der Waals surface area contributed by atoms with E-state index in [4.69, 9.17) is 17.3 Å². The van der Waals surface area contributed by atoms with E-state index in [1.165, 1.54) is 0 Å². The first-order chi connectivity index (χ1) is 10.0. The molecule has 1 amide bonds. The van der Waals surface area contributed by atoms with Gasteiger partial charge in [-0.05, 0) is 37.0 Å². The lowest BCUT2D eigenvalue weighted by Gasteiger charge is -2.17. The number of nitrogens with zero attached hydrogens (tertiary/aromatic N) is 1. The van der Waals surface area contributed by atoms with Crippen LogP contribution in [0.25, 0.3) is 0 Å². The predicted molar refractivity (Wildman–Crippen MR) is 83.2 cm³/mol. The lowest BCUT2D eigenvalue weighted by molar-refractivity contribution is -0.117. The van der Waals surface area contributed by atoms with Crippen molar-refractivity contribution >= 4 is 28.9 Å². The summed E-state index contributed by atoms with van der Waals surface area (Å²) in [5.74, 6) is 0.759. The number of amides is 1. The van der Waals surface area contributed by atoms with Gasteiger partial charge < -0.3 is 16.2 Å². The highest BCUT2D eigenvalue weighted by atomic mass is 35.5. The minimum Gasteiger partial charge on any atom is -0.399 e. The zero-order valence-electron chi connectivity index (χ0n) is 11.8. The third-order valence-electron chi connectivity index (χ3n) is 4.53. The van der Waals surface area contributed by atoms with Crippen LogP contribution in [-0.4, -0.2) is 41.7 Å². The molecule has 0 bridgehead atoms. The number of hydrogen-bond acceptors (Lipinski definition) is 4. The summed E-state index contributed by atoms with van der Waals surface area (Å²) in [6, 6.07) is 5.02. The minimum atomic E-state index is -0.202. The van der Waals surface area contributed by atoms with Crippen LogP contribution in [0.3, 0.4) is 0 Å². The second kappa shape index (κ2) is 5.83. The Morgan fingerprint density at radius 2 is 2.24 bits per heavy atom. The highest BCUT2D eigenvalue weighted by molar-refractivity contribution is 6.33. The first-order valence-electron chi connectivity index (χ1n) is 7.28. The molecule has 6 heteroatoms. The van der Waals surface area contributed by atoms with E-state index in [1.807, 2.05) is 0 Å². The zero-order valence-corrected chi connectivity index (χ0v) is 12.5. The number of nitrogens with two attached hydrogens (primary N) is 1. The SMILES string of the molecule is Nc1ccc(Cl)c(NC(=O)CN2CC3CCC(O)C3C2)c1. The van der Waals surface area contributed by atoms with Crippen molar-refractivity contribution in [1.82, 2.24) is 4.90 Å². The summed E-state index contributed by atoms with van der Waals surface area (Å²) < 4.78 is 0. The fraction of sp³-hybridized carbons (Fsp3) is 0.533. The molecule has 1 saturated heterocycles. The fourth-order valence-electron chi connectivity index (χ4n) is 3.49. The summed E-state index contributed by atoms with van der Waals surface area (Å²) in [5.41, 5.74) is 6.80. The van der Waals surface area contributed by atoms with Gasteiger partial charge in [0, 0.05) is 24.7 Å². The number of carbonyl (C=O) groups is 1. The number of benzene rings is 1. The van der Waals surface area contributed by atoms with E-state index in [2.05, 4.69) is 10.2 Å². The molecule has 5 nitrogen and oxygen atoms in total. The molecule has 3 atom stereocenters. The lowest BCUT2D eigenvalue weighted by atomic mass is 10.00. The smallest absolute Gasteiger partial charge is 0.238 e. The molecule has 4 N–H and O–H groups in total. The third-order valence-corrected chi connectivity index (χ3v) is 4.86. The maximum atomic E-state index is 12.1. The number of likely N-dealkylation sites (tertiary alicyclic amines) is 1. The van der Waals surface area contributed by atoms with Crippen LogP contribution < -0.4 is 11.1 Å². The summed E-state index contributed by atoms with van der Waals surface area (Å²) >= 11 is 6.04. The van der Waals surface area contributed by atoms with Crippen LogP contribution >= 0.6 is 11.6 Å². The van der Waals surface area contributed by atoms with Gasteiger partial charge in [0.25, 0.3) is 0 Å². The van der Waals surface area contributed by atoms with E-state index in [1.54, 1.807) is 18.2 Å². The van der Waals surface area contributed by atoms with Crippen LogP contribution in [0.15, 0.2) is 18.2 Å². The molecule has 3 unspecified atom stereocenters. The van der Waals surface area contributed by atoms with E-state index >= 15 is 0 Å². The van der Waals surface area contributed by atoms with Gasteiger partial charge in [0.15, 0.2) is 0 Å². The summed E-state index contributed by atoms with van der Waals surface area (Å²) in [6.45, 7) is 2.01. The Labute approximate surface area is 129 Å². The van der Waals surface area contributed by atoms with Crippen LogP contribution in [0.1, 0.15) is 12.8 Å². The molecule has 0 spiro atoms. The first-order valence-corrected chi connectivity index (χ1v) is 7.66. The molecular formula is C15H20ClN3O2. The monoisotopic (exact) mass is 309 g/mol. The molecule has 1 heterocycles. The maximum Gasteiger partial charge on any atom is 0.238 e. The van der Waals surface area contributed by atoms with E-state index in [9.17, 15) is 9.90 Å². The van der Waals surface area contributed by atoms with Crippen LogP contribution in [-0.2, 0) is 4.79 Å². The zero-order chi connectivity index (χ0) is 15.0. The van der Waals surface area contributed by atoms with Crippen molar-refractivity contribution in [2.45, 2.75) is 18.9 Å². The van der Waals surface area contributed by atoms with Gasteiger partial charge in [0.1, 0.15) is 0 Å². The number of nitrogens with one attached hydrogen (secondary N) is 1. The Morgan fingerprint density at radius 3 is 3.00 bits per heavy atom. The lowest BCUT2D eigenvalue weighted by Crippen LogP contribution is -2.33. The number of aliphatic hydroxyl groups is 1. The van der Waals surface area contributed by atoms with Gasteiger partial charge in [-0.15, -0.1) is 0 Å². The molecule has 1 aromatic rings. The van der Waals surface area contributed by atoms with Gasteiger partial charge >= 0.3 is 0 Å². The number of aliphatic hydroxyl groups excluding tert-OH is 1. The summed E-state index contributed by atoms with van der Waals surface area (Å²) in [6.07, 6.45) is 1.76. The highest BCUT2D eigenvalue weighted by Gasteiger charge is 2.42. The number of hydrogen-bond donors (Lipinski definition) is 3. The van der Waals surface area contributed by atoms with Gasteiger partial charge in [-0.1, -0.05) is 11.6 Å². The van der Waals surface area contributed by atoms with Crippen molar-refractivity contribution < 1.29 is 9.90 Å². The van der Waals surface area contributed by atoms with Gasteiger partial charge in [-0.3, -0.25) is 9.69 Å². The highest BCUT2D eigenvalue weighted by Crippen LogP contribution is 2.37. The second-order valence-corrected chi connectivity index (χ2v) is 6.46. The molecule has 1 aliphatic heterocycles. The number of fused-ring (bicyclic) bond motifs is 1. The van der Waals surface area contributed by atoms with Gasteiger partial charge in [-0.2, -0.15) is 0 Å². The molecule has 114 valence electrons. The Kier molecular flexibility index (Phi) is 4.06. The average Bonchev–Trinajstić information content (AvgIpc) is 2.96. The van der Waals surface area contributed by atoms with Crippen molar-refractivity contribution in [2.24, 2.45) is 11.8 Å². The Hall–Kier alpha value is -1.30. The predicted octanol–water partition coefficient (Wildman–Crippen LogP) is 1.56. The van der Waals surface area contributed by atoms with Crippen LogP contribution in [0.5, 0.6) is 0 Å². The summed E-state index contributed by atoms with van der Waals surface area (Å²) in [5, 5.41) is 13.2. The van der Waals surface area contributed by atoms with E-state index in [0.29, 0.717) is 34.8 Å². The standard InChI is InChI=1S/C15H20ClN3O2/c16-12-3-2-10(17)5-13(12)18-15(21)8-19-6-9-1-4-14(20)11(9)7-19/h2-3,5,9,11,14,20H,1,4,6-8,17H2,(H,18,21). The van der Waals surface area contributed by atoms with Crippen molar-refractivity contribution in [1.29, 1.82) is 0 Å². The molecule has 1 aromatic carbocycles. The van der Waals surface area contributed by atoms with Crippen LogP contribution in [0, 0.1) is 11.8 Å². The minimum absolute atomic E-state index is 0.100. The van der Waals surface area contributed by atoms with Gasteiger partial charge in [0.2, 0.25) is 5.91 Å². The summed E-state index contributed by atoms with van der Waals surface area (Å²) in [7, 11) is 0. The molecule has 3 rings (SSSR count). The number of rotatable bonds is 3. The number of anilines is 2. The summed E-state index contributed by atoms with van der Waals surface area (Å²) in [4.78, 5) is 14.2. The van der Waals surface area contributed by atoms with Gasteiger partial charge in [-0.25, -0.2) is 0 Å². The number of nitrogen functional groups attached to an aromatic ring is 1. The van der Waals surface area contributed by atoms with E-state index in [-0.39, 0.29) is 12.0 Å². The van der Waals surface area contributed by atoms with Gasteiger partial charge in [0.05, 0.1) is 23.4 Å². The topological polar surface area (TPSA) is 78.6 Å². The van der Waals surface area contributed by atoms with Crippen molar-refractivity contribution in [2.75, 3.05) is 30.7 Å². The molecule has 2 aliphatic rings.